The lowest BCUT2D eigenvalue weighted by Gasteiger charge is -2.30. The normalized spacial score (nSPS) is 21.1. The van der Waals surface area contributed by atoms with E-state index in [4.69, 9.17) is 9.47 Å². The fraction of sp³-hybridized carbons (Fsp3) is 0.526. The number of benzene rings is 1. The molecule has 1 heterocycles. The Balaban J connectivity index is 1.46. The third kappa shape index (κ3) is 6.53. The molecule has 29 heavy (non-hydrogen) atoms. The number of nitrogens with one attached hydrogen (secondary N) is 4. The summed E-state index contributed by atoms with van der Waals surface area (Å²) < 4.78 is 10.4. The Morgan fingerprint density at radius 2 is 1.93 bits per heavy atom. The molecule has 9 nitrogen and oxygen atoms in total. The minimum Gasteiger partial charge on any atom is -0.493 e. The van der Waals surface area contributed by atoms with Crippen LogP contribution in [0.15, 0.2) is 18.2 Å². The van der Waals surface area contributed by atoms with Crippen molar-refractivity contribution in [2.75, 3.05) is 25.3 Å². The van der Waals surface area contributed by atoms with Crippen molar-refractivity contribution in [3.63, 3.8) is 0 Å². The zero-order valence-electron chi connectivity index (χ0n) is 16.4. The van der Waals surface area contributed by atoms with Gasteiger partial charge in [-0.2, -0.15) is 0 Å². The van der Waals surface area contributed by atoms with Crippen LogP contribution in [0.25, 0.3) is 0 Å². The van der Waals surface area contributed by atoms with E-state index in [2.05, 4.69) is 21.3 Å². The monoisotopic (exact) mass is 422 g/mol. The summed E-state index contributed by atoms with van der Waals surface area (Å²) in [5.74, 6) is 0.831. The van der Waals surface area contributed by atoms with Crippen LogP contribution in [0.5, 0.6) is 11.5 Å². The first-order chi connectivity index (χ1) is 14.0. The fourth-order valence-corrected chi connectivity index (χ4v) is 3.87. The molecule has 0 bridgehead atoms. The lowest BCUT2D eigenvalue weighted by Crippen LogP contribution is -2.56. The van der Waals surface area contributed by atoms with E-state index in [1.165, 1.54) is 18.9 Å². The highest BCUT2D eigenvalue weighted by atomic mass is 32.2. The second-order valence-electron chi connectivity index (χ2n) is 6.99. The number of rotatable bonds is 9. The van der Waals surface area contributed by atoms with Crippen molar-refractivity contribution < 1.29 is 23.9 Å². The summed E-state index contributed by atoms with van der Waals surface area (Å²) in [6.45, 7) is 0. The minimum absolute atomic E-state index is 0.0466. The Morgan fingerprint density at radius 1 is 1.17 bits per heavy atom. The molecule has 1 aliphatic heterocycles. The van der Waals surface area contributed by atoms with Gasteiger partial charge in [-0.1, -0.05) is 0 Å². The predicted octanol–water partition coefficient (Wildman–Crippen LogP) is 0.806. The maximum absolute atomic E-state index is 12.3. The largest absolute Gasteiger partial charge is 0.493 e. The molecule has 1 saturated heterocycles. The van der Waals surface area contributed by atoms with Gasteiger partial charge in [0.2, 0.25) is 17.7 Å². The summed E-state index contributed by atoms with van der Waals surface area (Å²) in [6, 6.07) is 5.16. The molecule has 3 rings (SSSR count). The first kappa shape index (κ1) is 21.3. The first-order valence-electron chi connectivity index (χ1n) is 9.45. The number of methoxy groups -OCH3 is 2. The van der Waals surface area contributed by atoms with Crippen molar-refractivity contribution >= 4 is 35.2 Å². The number of ether oxygens (including phenoxy) is 2. The molecule has 10 heteroatoms. The van der Waals surface area contributed by atoms with Crippen LogP contribution in [0.3, 0.4) is 0 Å². The second kappa shape index (κ2) is 9.84. The van der Waals surface area contributed by atoms with E-state index in [-0.39, 0.29) is 42.4 Å². The summed E-state index contributed by atoms with van der Waals surface area (Å²) in [7, 11) is 3.07. The van der Waals surface area contributed by atoms with Gasteiger partial charge in [-0.3, -0.25) is 19.7 Å². The van der Waals surface area contributed by atoms with Crippen LogP contribution in [-0.2, 0) is 14.4 Å². The molecule has 2 atom stereocenters. The standard InChI is InChI=1S/C19H26N4O5S/c1-27-14-6-5-12(7-15(14)28-2)21-18(26)10-29-19-22-13(9-17(25)23-19)8-16(24)20-11-3-4-11/h5-7,11,13,19,22H,3-4,8-10H2,1-2H3,(H,20,24)(H,21,26)(H,23,25). The third-order valence-electron chi connectivity index (χ3n) is 4.53. The van der Waals surface area contributed by atoms with Crippen molar-refractivity contribution in [1.29, 1.82) is 0 Å². The number of anilines is 1. The lowest BCUT2D eigenvalue weighted by molar-refractivity contribution is -0.125. The number of amides is 3. The average molecular weight is 423 g/mol. The quantitative estimate of drug-likeness (QED) is 0.465. The van der Waals surface area contributed by atoms with Gasteiger partial charge in [-0.15, -0.1) is 11.8 Å². The van der Waals surface area contributed by atoms with Crippen LogP contribution in [-0.4, -0.2) is 55.3 Å². The van der Waals surface area contributed by atoms with Crippen LogP contribution in [0, 0.1) is 0 Å². The topological polar surface area (TPSA) is 118 Å². The summed E-state index contributed by atoms with van der Waals surface area (Å²) in [5.41, 5.74) is 0.162. The van der Waals surface area contributed by atoms with Gasteiger partial charge in [-0.05, 0) is 25.0 Å². The van der Waals surface area contributed by atoms with Crippen LogP contribution < -0.4 is 30.7 Å². The summed E-state index contributed by atoms with van der Waals surface area (Å²) in [5, 5.41) is 11.7. The zero-order chi connectivity index (χ0) is 20.8. The Morgan fingerprint density at radius 3 is 2.62 bits per heavy atom. The Kier molecular flexibility index (Phi) is 7.21. The van der Waals surface area contributed by atoms with Gasteiger partial charge in [-0.25, -0.2) is 0 Å². The fourth-order valence-electron chi connectivity index (χ4n) is 2.97. The molecule has 2 fully saturated rings. The molecule has 0 spiro atoms. The van der Waals surface area contributed by atoms with Gasteiger partial charge in [0.1, 0.15) is 5.50 Å². The SMILES string of the molecule is COc1ccc(NC(=O)CSC2NC(=O)CC(CC(=O)NC3CC3)N2)cc1OC. The van der Waals surface area contributed by atoms with Gasteiger partial charge in [0, 0.05) is 36.7 Å². The van der Waals surface area contributed by atoms with E-state index in [1.54, 1.807) is 25.3 Å². The summed E-state index contributed by atoms with van der Waals surface area (Å²) in [6.07, 6.45) is 2.54. The number of hydrogen-bond donors (Lipinski definition) is 4. The van der Waals surface area contributed by atoms with Crippen molar-refractivity contribution in [2.24, 2.45) is 0 Å². The highest BCUT2D eigenvalue weighted by molar-refractivity contribution is 8.00. The van der Waals surface area contributed by atoms with Gasteiger partial charge in [0.15, 0.2) is 11.5 Å². The van der Waals surface area contributed by atoms with E-state index in [1.807, 2.05) is 0 Å². The van der Waals surface area contributed by atoms with Crippen molar-refractivity contribution in [2.45, 2.75) is 43.3 Å². The minimum atomic E-state index is -0.425. The molecular formula is C19H26N4O5S. The Bertz CT molecular complexity index is 771. The van der Waals surface area contributed by atoms with Gasteiger partial charge in [0.25, 0.3) is 0 Å². The Labute approximate surface area is 173 Å². The molecule has 3 amide bonds. The number of hydrogen-bond acceptors (Lipinski definition) is 7. The average Bonchev–Trinajstić information content (AvgIpc) is 3.49. The highest BCUT2D eigenvalue weighted by Gasteiger charge is 2.30. The van der Waals surface area contributed by atoms with E-state index in [0.717, 1.165) is 12.8 Å². The van der Waals surface area contributed by atoms with Crippen molar-refractivity contribution in [1.82, 2.24) is 16.0 Å². The smallest absolute Gasteiger partial charge is 0.234 e. The van der Waals surface area contributed by atoms with Gasteiger partial charge >= 0.3 is 0 Å². The molecule has 2 aliphatic rings. The van der Waals surface area contributed by atoms with Crippen LogP contribution in [0.4, 0.5) is 5.69 Å². The highest BCUT2D eigenvalue weighted by Crippen LogP contribution is 2.29. The van der Waals surface area contributed by atoms with E-state index < -0.39 is 5.50 Å². The molecule has 1 aliphatic carbocycles. The molecule has 1 saturated carbocycles. The molecule has 1 aromatic rings. The molecule has 4 N–H and O–H groups in total. The van der Waals surface area contributed by atoms with E-state index in [9.17, 15) is 14.4 Å². The molecule has 2 unspecified atom stereocenters. The maximum atomic E-state index is 12.3. The first-order valence-corrected chi connectivity index (χ1v) is 10.5. The van der Waals surface area contributed by atoms with Crippen LogP contribution in [0.1, 0.15) is 25.7 Å². The number of carbonyl (C=O) groups excluding carboxylic acids is 3. The second-order valence-corrected chi connectivity index (χ2v) is 8.08. The van der Waals surface area contributed by atoms with Crippen LogP contribution >= 0.6 is 11.8 Å². The number of thioether (sulfide) groups is 1. The van der Waals surface area contributed by atoms with E-state index in [0.29, 0.717) is 23.2 Å². The van der Waals surface area contributed by atoms with Gasteiger partial charge < -0.3 is 25.4 Å². The molecule has 0 aromatic heterocycles. The zero-order valence-corrected chi connectivity index (χ0v) is 17.3. The lowest BCUT2D eigenvalue weighted by atomic mass is 10.1. The van der Waals surface area contributed by atoms with Crippen molar-refractivity contribution in [3.8, 4) is 11.5 Å². The van der Waals surface area contributed by atoms with Crippen LogP contribution in [0.2, 0.25) is 0 Å². The Hall–Kier alpha value is -2.46. The molecule has 0 radical (unpaired) electrons. The third-order valence-corrected chi connectivity index (χ3v) is 5.55. The molecule has 158 valence electrons. The predicted molar refractivity (Wildman–Crippen MR) is 110 cm³/mol. The summed E-state index contributed by atoms with van der Waals surface area (Å²) in [4.78, 5) is 36.2. The molecular weight excluding hydrogens is 396 g/mol. The summed E-state index contributed by atoms with van der Waals surface area (Å²) >= 11 is 1.26. The maximum Gasteiger partial charge on any atom is 0.234 e. The van der Waals surface area contributed by atoms with E-state index >= 15 is 0 Å². The number of carbonyl (C=O) groups is 3. The molecule has 1 aromatic carbocycles. The van der Waals surface area contributed by atoms with Gasteiger partial charge in [0.05, 0.1) is 20.0 Å². The van der Waals surface area contributed by atoms with Crippen molar-refractivity contribution in [3.05, 3.63) is 18.2 Å².